The quantitative estimate of drug-likeness (QED) is 0.925. The lowest BCUT2D eigenvalue weighted by Crippen LogP contribution is -2.51. The third-order valence-corrected chi connectivity index (χ3v) is 4.85. The van der Waals surface area contributed by atoms with Crippen LogP contribution < -0.4 is 10.2 Å². The predicted molar refractivity (Wildman–Crippen MR) is 104 cm³/mol. The number of carbonyl (C=O) groups is 2. The lowest BCUT2D eigenvalue weighted by Gasteiger charge is -2.32. The minimum absolute atomic E-state index is 0.00264. The lowest BCUT2D eigenvalue weighted by atomic mass is 10.0. The molecule has 0 unspecified atom stereocenters. The highest BCUT2D eigenvalue weighted by Gasteiger charge is 2.21. The Morgan fingerprint density at radius 1 is 1.04 bits per heavy atom. The van der Waals surface area contributed by atoms with E-state index in [2.05, 4.69) is 12.2 Å². The van der Waals surface area contributed by atoms with E-state index in [0.29, 0.717) is 6.04 Å². The van der Waals surface area contributed by atoms with Gasteiger partial charge in [0.25, 0.3) is 5.91 Å². The SMILES string of the molecule is CC(=O)N(C)c1ccc(-c2ccc(C(=O)N3CCN[C@H](C)C3)cc2)cc1. The van der Waals surface area contributed by atoms with Gasteiger partial charge in [0, 0.05) is 50.9 Å². The smallest absolute Gasteiger partial charge is 0.253 e. The Kier molecular flexibility index (Phi) is 5.38. The lowest BCUT2D eigenvalue weighted by molar-refractivity contribution is -0.116. The van der Waals surface area contributed by atoms with E-state index in [9.17, 15) is 9.59 Å². The van der Waals surface area contributed by atoms with Crippen LogP contribution >= 0.6 is 0 Å². The van der Waals surface area contributed by atoms with Gasteiger partial charge in [0.2, 0.25) is 5.91 Å². The monoisotopic (exact) mass is 351 g/mol. The van der Waals surface area contributed by atoms with Gasteiger partial charge in [-0.2, -0.15) is 0 Å². The topological polar surface area (TPSA) is 52.7 Å². The zero-order chi connectivity index (χ0) is 18.7. The van der Waals surface area contributed by atoms with Gasteiger partial charge in [-0.15, -0.1) is 0 Å². The van der Waals surface area contributed by atoms with E-state index in [4.69, 9.17) is 0 Å². The average molecular weight is 351 g/mol. The summed E-state index contributed by atoms with van der Waals surface area (Å²) in [6.45, 7) is 5.96. The van der Waals surface area contributed by atoms with Gasteiger partial charge in [-0.3, -0.25) is 9.59 Å². The van der Waals surface area contributed by atoms with Gasteiger partial charge in [0.05, 0.1) is 0 Å². The third kappa shape index (κ3) is 3.94. The molecule has 1 N–H and O–H groups in total. The molecule has 1 aliphatic heterocycles. The maximum Gasteiger partial charge on any atom is 0.253 e. The summed E-state index contributed by atoms with van der Waals surface area (Å²) in [6.07, 6.45) is 0. The summed E-state index contributed by atoms with van der Waals surface area (Å²) in [6, 6.07) is 15.9. The molecule has 0 spiro atoms. The number of carbonyl (C=O) groups excluding carboxylic acids is 2. The second-order valence-electron chi connectivity index (χ2n) is 6.81. The van der Waals surface area contributed by atoms with Gasteiger partial charge in [0.1, 0.15) is 0 Å². The van der Waals surface area contributed by atoms with Gasteiger partial charge in [-0.05, 0) is 42.3 Å². The Bertz CT molecular complexity index is 784. The van der Waals surface area contributed by atoms with Crippen molar-refractivity contribution in [3.05, 3.63) is 54.1 Å². The molecule has 2 aromatic carbocycles. The van der Waals surface area contributed by atoms with E-state index in [1.54, 1.807) is 18.9 Å². The molecule has 3 rings (SSSR count). The molecule has 1 fully saturated rings. The van der Waals surface area contributed by atoms with Crippen molar-refractivity contribution in [2.75, 3.05) is 31.6 Å². The van der Waals surface area contributed by atoms with Crippen molar-refractivity contribution in [3.8, 4) is 11.1 Å². The van der Waals surface area contributed by atoms with E-state index in [1.165, 1.54) is 0 Å². The number of hydrogen-bond acceptors (Lipinski definition) is 3. The molecular formula is C21H25N3O2. The molecule has 0 bridgehead atoms. The molecule has 0 saturated carbocycles. The molecule has 1 saturated heterocycles. The van der Waals surface area contributed by atoms with Crippen LogP contribution in [0.4, 0.5) is 5.69 Å². The Hall–Kier alpha value is -2.66. The number of nitrogens with one attached hydrogen (secondary N) is 1. The average Bonchev–Trinajstić information content (AvgIpc) is 2.67. The highest BCUT2D eigenvalue weighted by atomic mass is 16.2. The fraction of sp³-hybridized carbons (Fsp3) is 0.333. The molecule has 2 aromatic rings. The number of amides is 2. The Morgan fingerprint density at radius 2 is 1.62 bits per heavy atom. The number of rotatable bonds is 3. The highest BCUT2D eigenvalue weighted by molar-refractivity contribution is 5.95. The molecule has 2 amide bonds. The first-order valence-corrected chi connectivity index (χ1v) is 8.93. The minimum atomic E-state index is 0.00264. The maximum atomic E-state index is 12.6. The molecule has 136 valence electrons. The standard InChI is InChI=1S/C21H25N3O2/c1-15-14-24(13-12-22-15)21(26)19-6-4-17(5-7-19)18-8-10-20(11-9-18)23(3)16(2)25/h4-11,15,22H,12-14H2,1-3H3/t15-/m1/s1. The second kappa shape index (κ2) is 7.70. The van der Waals surface area contributed by atoms with Gasteiger partial charge >= 0.3 is 0 Å². The van der Waals surface area contributed by atoms with Crippen molar-refractivity contribution >= 4 is 17.5 Å². The zero-order valence-electron chi connectivity index (χ0n) is 15.5. The Balaban J connectivity index is 1.73. The van der Waals surface area contributed by atoms with Crippen molar-refractivity contribution in [2.24, 2.45) is 0 Å². The predicted octanol–water partition coefficient (Wildman–Crippen LogP) is 2.77. The van der Waals surface area contributed by atoms with Crippen molar-refractivity contribution < 1.29 is 9.59 Å². The molecule has 1 aliphatic rings. The van der Waals surface area contributed by atoms with Crippen LogP contribution in [-0.2, 0) is 4.79 Å². The van der Waals surface area contributed by atoms with E-state index in [0.717, 1.165) is 42.0 Å². The summed E-state index contributed by atoms with van der Waals surface area (Å²) in [5.41, 5.74) is 3.68. The van der Waals surface area contributed by atoms with Gasteiger partial charge in [-0.1, -0.05) is 24.3 Å². The number of piperazine rings is 1. The molecule has 5 heteroatoms. The zero-order valence-corrected chi connectivity index (χ0v) is 15.5. The molecule has 0 aromatic heterocycles. The number of hydrogen-bond donors (Lipinski definition) is 1. The summed E-state index contributed by atoms with van der Waals surface area (Å²) >= 11 is 0. The molecule has 1 atom stereocenters. The number of benzene rings is 2. The first-order valence-electron chi connectivity index (χ1n) is 8.93. The van der Waals surface area contributed by atoms with Crippen LogP contribution in [0, 0.1) is 0 Å². The van der Waals surface area contributed by atoms with Crippen LogP contribution in [0.15, 0.2) is 48.5 Å². The van der Waals surface area contributed by atoms with Crippen LogP contribution in [0.2, 0.25) is 0 Å². The first kappa shape index (κ1) is 18.1. The van der Waals surface area contributed by atoms with Crippen LogP contribution in [0.3, 0.4) is 0 Å². The maximum absolute atomic E-state index is 12.6. The van der Waals surface area contributed by atoms with E-state index >= 15 is 0 Å². The van der Waals surface area contributed by atoms with E-state index in [-0.39, 0.29) is 11.8 Å². The summed E-state index contributed by atoms with van der Waals surface area (Å²) < 4.78 is 0. The Labute approximate surface area is 154 Å². The summed E-state index contributed by atoms with van der Waals surface area (Å²) in [7, 11) is 1.76. The first-order chi connectivity index (χ1) is 12.5. The highest BCUT2D eigenvalue weighted by Crippen LogP contribution is 2.23. The largest absolute Gasteiger partial charge is 0.336 e. The Morgan fingerprint density at radius 3 is 2.15 bits per heavy atom. The van der Waals surface area contributed by atoms with Crippen molar-refractivity contribution in [1.82, 2.24) is 10.2 Å². The summed E-state index contributed by atoms with van der Waals surface area (Å²) in [4.78, 5) is 27.6. The van der Waals surface area contributed by atoms with Crippen LogP contribution in [0.5, 0.6) is 0 Å². The third-order valence-electron chi connectivity index (χ3n) is 4.85. The van der Waals surface area contributed by atoms with Crippen LogP contribution in [0.1, 0.15) is 24.2 Å². The van der Waals surface area contributed by atoms with E-state index < -0.39 is 0 Å². The molecule has 1 heterocycles. The molecule has 26 heavy (non-hydrogen) atoms. The normalized spacial score (nSPS) is 17.0. The molecule has 0 radical (unpaired) electrons. The molecule has 5 nitrogen and oxygen atoms in total. The fourth-order valence-electron chi connectivity index (χ4n) is 3.16. The summed E-state index contributed by atoms with van der Waals surface area (Å²) in [5, 5.41) is 3.35. The van der Waals surface area contributed by atoms with Crippen molar-refractivity contribution in [2.45, 2.75) is 19.9 Å². The second-order valence-corrected chi connectivity index (χ2v) is 6.81. The van der Waals surface area contributed by atoms with Crippen molar-refractivity contribution in [1.29, 1.82) is 0 Å². The van der Waals surface area contributed by atoms with Crippen LogP contribution in [-0.4, -0.2) is 49.4 Å². The van der Waals surface area contributed by atoms with Gasteiger partial charge < -0.3 is 15.1 Å². The molecule has 0 aliphatic carbocycles. The molecular weight excluding hydrogens is 326 g/mol. The summed E-state index contributed by atoms with van der Waals surface area (Å²) in [5.74, 6) is 0.0891. The van der Waals surface area contributed by atoms with Gasteiger partial charge in [0.15, 0.2) is 0 Å². The number of nitrogens with zero attached hydrogens (tertiary/aromatic N) is 2. The fourth-order valence-corrected chi connectivity index (χ4v) is 3.16. The number of anilines is 1. The van der Waals surface area contributed by atoms with Crippen molar-refractivity contribution in [3.63, 3.8) is 0 Å². The van der Waals surface area contributed by atoms with Gasteiger partial charge in [-0.25, -0.2) is 0 Å². The van der Waals surface area contributed by atoms with E-state index in [1.807, 2.05) is 53.4 Å². The van der Waals surface area contributed by atoms with Crippen LogP contribution in [0.25, 0.3) is 11.1 Å². The minimum Gasteiger partial charge on any atom is -0.336 e.